The molecule has 0 spiro atoms. The number of rotatable bonds is 3. The monoisotopic (exact) mass is 266 g/mol. The topological polar surface area (TPSA) is 96.5 Å². The number of phenolic OH excluding ortho intramolecular Hbond substituents is 3. The summed E-state index contributed by atoms with van der Waals surface area (Å²) in [6, 6.07) is 1.51. The maximum Gasteiger partial charge on any atom is 0.201 e. The summed E-state index contributed by atoms with van der Waals surface area (Å²) in [6.07, 6.45) is 4.48. The highest BCUT2D eigenvalue weighted by Crippen LogP contribution is 2.40. The first-order valence-electron chi connectivity index (χ1n) is 6.30. The van der Waals surface area contributed by atoms with Gasteiger partial charge in [-0.3, -0.25) is 4.90 Å². The third-order valence-electron chi connectivity index (χ3n) is 3.40. The predicted molar refractivity (Wildman–Crippen MR) is 69.9 cm³/mol. The van der Waals surface area contributed by atoms with Crippen molar-refractivity contribution in [1.82, 2.24) is 4.90 Å². The Morgan fingerprint density at radius 1 is 1.05 bits per heavy atom. The summed E-state index contributed by atoms with van der Waals surface area (Å²) < 4.78 is 0. The van der Waals surface area contributed by atoms with Gasteiger partial charge in [-0.15, -0.1) is 0 Å². The molecule has 0 amide bonds. The second-order valence-electron chi connectivity index (χ2n) is 4.75. The van der Waals surface area contributed by atoms with Gasteiger partial charge in [0.1, 0.15) is 0 Å². The lowest BCUT2D eigenvalue weighted by Gasteiger charge is -2.27. The first-order valence-corrected chi connectivity index (χ1v) is 6.30. The third kappa shape index (κ3) is 2.90. The second kappa shape index (κ2) is 5.79. The van der Waals surface area contributed by atoms with Crippen LogP contribution in [-0.2, 0) is 6.54 Å². The molecule has 19 heavy (non-hydrogen) atoms. The maximum atomic E-state index is 9.86. The molecule has 2 rings (SSSR count). The molecule has 1 aliphatic heterocycles. The molecular formula is C13H18N2O4. The molecule has 104 valence electrons. The molecule has 6 heteroatoms. The number of hydrogen-bond donors (Lipinski definition) is 4. The molecule has 0 atom stereocenters. The van der Waals surface area contributed by atoms with Crippen LogP contribution in [0.5, 0.6) is 17.2 Å². The highest BCUT2D eigenvalue weighted by Gasteiger charge is 2.18. The van der Waals surface area contributed by atoms with Crippen LogP contribution in [0.2, 0.25) is 0 Å². The quantitative estimate of drug-likeness (QED) is 0.288. The van der Waals surface area contributed by atoms with Crippen LogP contribution >= 0.6 is 0 Å². The molecule has 0 aliphatic carbocycles. The largest absolute Gasteiger partial charge is 0.504 e. The molecule has 1 aromatic carbocycles. The number of phenols is 3. The van der Waals surface area contributed by atoms with Crippen molar-refractivity contribution in [2.45, 2.75) is 25.8 Å². The molecule has 0 radical (unpaired) electrons. The molecule has 1 aromatic rings. The SMILES string of the molecule is ON=Cc1cc(CN2CCCCC2)c(O)c(O)c1O. The fraction of sp³-hybridized carbons (Fsp3) is 0.462. The van der Waals surface area contributed by atoms with Crippen LogP contribution < -0.4 is 0 Å². The van der Waals surface area contributed by atoms with Crippen LogP contribution in [0.25, 0.3) is 0 Å². The van der Waals surface area contributed by atoms with Crippen LogP contribution in [0.3, 0.4) is 0 Å². The van der Waals surface area contributed by atoms with Crippen molar-refractivity contribution in [1.29, 1.82) is 0 Å². The molecule has 4 N–H and O–H groups in total. The second-order valence-corrected chi connectivity index (χ2v) is 4.75. The highest BCUT2D eigenvalue weighted by atomic mass is 16.4. The standard InChI is InChI=1S/C13H18N2O4/c16-11-9(7-14-19)6-10(12(17)13(11)18)8-15-4-2-1-3-5-15/h6-7,16-19H,1-5,8H2. The van der Waals surface area contributed by atoms with Crippen LogP contribution in [-0.4, -0.2) is 44.7 Å². The average Bonchev–Trinajstić information content (AvgIpc) is 2.43. The van der Waals surface area contributed by atoms with Gasteiger partial charge in [0.15, 0.2) is 11.5 Å². The first-order chi connectivity index (χ1) is 9.13. The average molecular weight is 266 g/mol. The Morgan fingerprint density at radius 2 is 1.74 bits per heavy atom. The van der Waals surface area contributed by atoms with Gasteiger partial charge in [-0.25, -0.2) is 0 Å². The van der Waals surface area contributed by atoms with E-state index in [1.165, 1.54) is 12.5 Å². The number of aromatic hydroxyl groups is 3. The van der Waals surface area contributed by atoms with E-state index in [1.54, 1.807) is 0 Å². The van der Waals surface area contributed by atoms with Crippen molar-refractivity contribution in [3.8, 4) is 17.2 Å². The molecule has 6 nitrogen and oxygen atoms in total. The summed E-state index contributed by atoms with van der Waals surface area (Å²) in [6.45, 7) is 2.39. The summed E-state index contributed by atoms with van der Waals surface area (Å²) in [5.74, 6) is -1.39. The smallest absolute Gasteiger partial charge is 0.201 e. The van der Waals surface area contributed by atoms with Crippen LogP contribution in [0.15, 0.2) is 11.2 Å². The van der Waals surface area contributed by atoms with Crippen LogP contribution in [0.4, 0.5) is 0 Å². The van der Waals surface area contributed by atoms with E-state index in [0.717, 1.165) is 32.1 Å². The lowest BCUT2D eigenvalue weighted by molar-refractivity contribution is 0.217. The Balaban J connectivity index is 2.28. The minimum atomic E-state index is -0.579. The zero-order valence-corrected chi connectivity index (χ0v) is 10.6. The molecule has 0 unspecified atom stereocenters. The van der Waals surface area contributed by atoms with Crippen molar-refractivity contribution in [2.75, 3.05) is 13.1 Å². The third-order valence-corrected chi connectivity index (χ3v) is 3.40. The number of oxime groups is 1. The van der Waals surface area contributed by atoms with Gasteiger partial charge in [-0.2, -0.15) is 0 Å². The maximum absolute atomic E-state index is 9.86. The summed E-state index contributed by atoms with van der Waals surface area (Å²) in [5, 5.41) is 40.5. The van der Waals surface area contributed by atoms with E-state index in [2.05, 4.69) is 10.1 Å². The van der Waals surface area contributed by atoms with Crippen molar-refractivity contribution in [3.63, 3.8) is 0 Å². The Kier molecular flexibility index (Phi) is 4.11. The molecule has 0 saturated carbocycles. The van der Waals surface area contributed by atoms with E-state index in [9.17, 15) is 15.3 Å². The molecule has 1 heterocycles. The van der Waals surface area contributed by atoms with Gasteiger partial charge in [0.05, 0.1) is 6.21 Å². The van der Waals surface area contributed by atoms with Gasteiger partial charge < -0.3 is 20.5 Å². The zero-order chi connectivity index (χ0) is 13.8. The van der Waals surface area contributed by atoms with Gasteiger partial charge in [-0.1, -0.05) is 11.6 Å². The molecule has 1 saturated heterocycles. The zero-order valence-electron chi connectivity index (χ0n) is 10.6. The van der Waals surface area contributed by atoms with E-state index >= 15 is 0 Å². The van der Waals surface area contributed by atoms with Crippen LogP contribution in [0, 0.1) is 0 Å². The summed E-state index contributed by atoms with van der Waals surface area (Å²) in [7, 11) is 0. The van der Waals surface area contributed by atoms with Gasteiger partial charge >= 0.3 is 0 Å². The predicted octanol–water partition coefficient (Wildman–Crippen LogP) is 1.60. The van der Waals surface area contributed by atoms with E-state index in [0.29, 0.717) is 12.1 Å². The molecule has 1 aliphatic rings. The normalized spacial score (nSPS) is 17.1. The molecule has 0 aromatic heterocycles. The Morgan fingerprint density at radius 3 is 2.37 bits per heavy atom. The fourth-order valence-electron chi connectivity index (χ4n) is 2.36. The lowest BCUT2D eigenvalue weighted by atomic mass is 10.1. The summed E-state index contributed by atoms with van der Waals surface area (Å²) in [4.78, 5) is 2.18. The summed E-state index contributed by atoms with van der Waals surface area (Å²) in [5.41, 5.74) is 0.678. The van der Waals surface area contributed by atoms with Gasteiger partial charge in [0, 0.05) is 17.7 Å². The lowest BCUT2D eigenvalue weighted by Crippen LogP contribution is -2.29. The number of likely N-dealkylation sites (tertiary alicyclic amines) is 1. The van der Waals surface area contributed by atoms with Crippen molar-refractivity contribution >= 4 is 6.21 Å². The molecule has 1 fully saturated rings. The minimum Gasteiger partial charge on any atom is -0.504 e. The molecular weight excluding hydrogens is 248 g/mol. The number of nitrogens with zero attached hydrogens (tertiary/aromatic N) is 2. The van der Waals surface area contributed by atoms with E-state index in [1.807, 2.05) is 0 Å². The first kappa shape index (κ1) is 13.5. The Bertz CT molecular complexity index is 482. The fourth-order valence-corrected chi connectivity index (χ4v) is 2.36. The molecule has 0 bridgehead atoms. The number of hydrogen-bond acceptors (Lipinski definition) is 6. The highest BCUT2D eigenvalue weighted by molar-refractivity contribution is 5.86. The van der Waals surface area contributed by atoms with Gasteiger partial charge in [-0.05, 0) is 32.0 Å². The Hall–Kier alpha value is -1.95. The van der Waals surface area contributed by atoms with Crippen LogP contribution in [0.1, 0.15) is 30.4 Å². The van der Waals surface area contributed by atoms with Crippen molar-refractivity contribution in [3.05, 3.63) is 17.2 Å². The van der Waals surface area contributed by atoms with E-state index in [-0.39, 0.29) is 11.3 Å². The van der Waals surface area contributed by atoms with E-state index in [4.69, 9.17) is 5.21 Å². The van der Waals surface area contributed by atoms with E-state index < -0.39 is 11.5 Å². The van der Waals surface area contributed by atoms with Crippen molar-refractivity contribution in [2.24, 2.45) is 5.16 Å². The van der Waals surface area contributed by atoms with Gasteiger partial charge in [0.2, 0.25) is 5.75 Å². The van der Waals surface area contributed by atoms with Gasteiger partial charge in [0.25, 0.3) is 0 Å². The van der Waals surface area contributed by atoms with Crippen molar-refractivity contribution < 1.29 is 20.5 Å². The summed E-state index contributed by atoms with van der Waals surface area (Å²) >= 11 is 0. The number of benzene rings is 1. The Labute approximate surface area is 111 Å². The minimum absolute atomic E-state index is 0.171. The number of piperidine rings is 1.